The van der Waals surface area contributed by atoms with E-state index in [-0.39, 0.29) is 21.3 Å². The standard InChI is InChI=1S/C17H9BF2N2O7S/c1-6(23)27-18(28-7(2)24)29-17(26)11-15(25)9-3-10(19)12(20)13-14(9)22-8(4-21-13)5-30-16(11)22/h3-5H,1-2H3. The number of hydrogen-bond acceptors (Lipinski definition) is 9. The maximum atomic E-state index is 14.2. The Bertz CT molecular complexity index is 1400. The zero-order valence-corrected chi connectivity index (χ0v) is 16.0. The van der Waals surface area contributed by atoms with Crippen LogP contribution in [0.15, 0.2) is 22.4 Å². The third kappa shape index (κ3) is 3.03. The van der Waals surface area contributed by atoms with Gasteiger partial charge >= 0.3 is 13.3 Å². The molecular weight excluding hydrogens is 425 g/mol. The number of rotatable bonds is 4. The van der Waals surface area contributed by atoms with Gasteiger partial charge in [-0.1, -0.05) is 0 Å². The number of carbonyl (C=O) groups is 3. The first-order chi connectivity index (χ1) is 14.2. The van der Waals surface area contributed by atoms with Crippen molar-refractivity contribution in [2.24, 2.45) is 0 Å². The van der Waals surface area contributed by atoms with Gasteiger partial charge in [0.15, 0.2) is 11.6 Å². The van der Waals surface area contributed by atoms with Gasteiger partial charge in [0.05, 0.1) is 22.6 Å². The molecule has 0 N–H and O–H groups in total. The smallest absolute Gasteiger partial charge is 0.462 e. The molecule has 4 rings (SSSR count). The van der Waals surface area contributed by atoms with Crippen LogP contribution in [0.5, 0.6) is 0 Å². The van der Waals surface area contributed by atoms with Crippen molar-refractivity contribution >= 4 is 63.3 Å². The minimum Gasteiger partial charge on any atom is -0.462 e. The minimum atomic E-state index is -2.03. The molecule has 0 radical (unpaired) electrons. The molecule has 0 aliphatic heterocycles. The van der Waals surface area contributed by atoms with E-state index in [1.165, 1.54) is 10.6 Å². The molecule has 13 heteroatoms. The van der Waals surface area contributed by atoms with Crippen LogP contribution in [0.2, 0.25) is 0 Å². The highest BCUT2D eigenvalue weighted by molar-refractivity contribution is 7.16. The van der Waals surface area contributed by atoms with E-state index in [2.05, 4.69) is 14.3 Å². The molecule has 9 nitrogen and oxygen atoms in total. The van der Waals surface area contributed by atoms with Crippen LogP contribution in [0.1, 0.15) is 24.2 Å². The van der Waals surface area contributed by atoms with Crippen LogP contribution in [0.4, 0.5) is 8.78 Å². The van der Waals surface area contributed by atoms with E-state index in [4.69, 9.17) is 4.65 Å². The van der Waals surface area contributed by atoms with Gasteiger partial charge in [0.2, 0.25) is 5.43 Å². The van der Waals surface area contributed by atoms with E-state index in [1.54, 1.807) is 5.38 Å². The Morgan fingerprint density at radius 2 is 1.80 bits per heavy atom. The topological polar surface area (TPSA) is 113 Å². The van der Waals surface area contributed by atoms with Crippen LogP contribution in [0.3, 0.4) is 0 Å². The molecule has 0 spiro atoms. The maximum Gasteiger partial charge on any atom is 0.870 e. The second-order valence-corrected chi connectivity index (χ2v) is 6.95. The molecule has 1 aromatic carbocycles. The molecular formula is C17H9BF2N2O7S. The first-order valence-electron chi connectivity index (χ1n) is 8.26. The summed E-state index contributed by atoms with van der Waals surface area (Å²) < 4.78 is 43.7. The Morgan fingerprint density at radius 3 is 2.43 bits per heavy atom. The largest absolute Gasteiger partial charge is 0.870 e. The van der Waals surface area contributed by atoms with Crippen LogP contribution in [0, 0.1) is 11.6 Å². The maximum absolute atomic E-state index is 14.2. The summed E-state index contributed by atoms with van der Waals surface area (Å²) in [4.78, 5) is 52.0. The highest BCUT2D eigenvalue weighted by Gasteiger charge is 2.37. The average molecular weight is 434 g/mol. The van der Waals surface area contributed by atoms with Gasteiger partial charge in [-0.05, 0) is 6.07 Å². The number of nitrogens with zero attached hydrogens (tertiary/aromatic N) is 2. The lowest BCUT2D eigenvalue weighted by Gasteiger charge is -2.13. The Morgan fingerprint density at radius 1 is 1.13 bits per heavy atom. The molecule has 0 unspecified atom stereocenters. The molecule has 4 aromatic rings. The van der Waals surface area contributed by atoms with Gasteiger partial charge in [0.25, 0.3) is 11.9 Å². The molecule has 0 amide bonds. The number of thiazole rings is 1. The number of halogens is 2. The van der Waals surface area contributed by atoms with E-state index >= 15 is 0 Å². The second kappa shape index (κ2) is 7.02. The zero-order chi connectivity index (χ0) is 21.7. The molecule has 0 fully saturated rings. The fourth-order valence-electron chi connectivity index (χ4n) is 2.98. The fraction of sp³-hybridized carbons (Fsp3) is 0.118. The first kappa shape index (κ1) is 19.7. The van der Waals surface area contributed by atoms with Gasteiger partial charge < -0.3 is 14.0 Å². The molecule has 0 aliphatic rings. The Balaban J connectivity index is 1.93. The lowest BCUT2D eigenvalue weighted by molar-refractivity contribution is -0.139. The lowest BCUT2D eigenvalue weighted by atomic mass is 10.1. The van der Waals surface area contributed by atoms with Gasteiger partial charge in [0.1, 0.15) is 15.9 Å². The molecule has 3 heterocycles. The molecule has 0 bridgehead atoms. The summed E-state index contributed by atoms with van der Waals surface area (Å²) in [7, 11) is -2.03. The summed E-state index contributed by atoms with van der Waals surface area (Å²) in [5.41, 5.74) is -1.44. The van der Waals surface area contributed by atoms with Crippen LogP contribution in [-0.4, -0.2) is 34.6 Å². The van der Waals surface area contributed by atoms with Crippen molar-refractivity contribution in [3.05, 3.63) is 45.1 Å². The molecule has 0 aliphatic carbocycles. The monoisotopic (exact) mass is 434 g/mol. The molecule has 0 saturated heterocycles. The summed E-state index contributed by atoms with van der Waals surface area (Å²) in [6.45, 7) is 1.98. The molecule has 0 atom stereocenters. The third-order valence-corrected chi connectivity index (χ3v) is 5.06. The third-order valence-electron chi connectivity index (χ3n) is 4.09. The van der Waals surface area contributed by atoms with Crippen molar-refractivity contribution in [1.82, 2.24) is 9.38 Å². The predicted molar refractivity (Wildman–Crippen MR) is 100 cm³/mol. The minimum absolute atomic E-state index is 0.000668. The number of pyridine rings is 1. The van der Waals surface area contributed by atoms with Crippen LogP contribution >= 0.6 is 11.3 Å². The van der Waals surface area contributed by atoms with Crippen molar-refractivity contribution in [3.8, 4) is 0 Å². The fourth-order valence-corrected chi connectivity index (χ4v) is 3.98. The van der Waals surface area contributed by atoms with E-state index in [1.807, 2.05) is 0 Å². The summed E-state index contributed by atoms with van der Waals surface area (Å²) in [5, 5.41) is 1.25. The number of aromatic nitrogens is 2. The normalized spacial score (nSPS) is 11.2. The van der Waals surface area contributed by atoms with Crippen LogP contribution in [-0.2, 0) is 23.6 Å². The number of carbonyl (C=O) groups excluding carboxylic acids is 3. The number of benzene rings is 1. The Hall–Kier alpha value is -3.61. The Labute approximate surface area is 169 Å². The van der Waals surface area contributed by atoms with Gasteiger partial charge in [-0.3, -0.25) is 18.8 Å². The summed E-state index contributed by atoms with van der Waals surface area (Å²) >= 11 is 0.960. The summed E-state index contributed by atoms with van der Waals surface area (Å²) in [6, 6.07) is 0.664. The van der Waals surface area contributed by atoms with Crippen molar-refractivity contribution in [2.75, 3.05) is 0 Å². The molecule has 30 heavy (non-hydrogen) atoms. The summed E-state index contributed by atoms with van der Waals surface area (Å²) in [5.74, 6) is -5.67. The van der Waals surface area contributed by atoms with Crippen molar-refractivity contribution in [2.45, 2.75) is 13.8 Å². The first-order valence-corrected chi connectivity index (χ1v) is 9.14. The van der Waals surface area contributed by atoms with Gasteiger partial charge in [-0.2, -0.15) is 0 Å². The van der Waals surface area contributed by atoms with Gasteiger partial charge in [-0.25, -0.2) is 18.6 Å². The summed E-state index contributed by atoms with van der Waals surface area (Å²) in [6.07, 6.45) is 1.26. The van der Waals surface area contributed by atoms with Gasteiger partial charge in [-0.15, -0.1) is 11.3 Å². The van der Waals surface area contributed by atoms with Crippen LogP contribution < -0.4 is 5.43 Å². The Kier molecular flexibility index (Phi) is 4.61. The van der Waals surface area contributed by atoms with Crippen LogP contribution in [0.25, 0.3) is 26.8 Å². The second-order valence-electron chi connectivity index (χ2n) is 6.09. The van der Waals surface area contributed by atoms with E-state index < -0.39 is 47.9 Å². The highest BCUT2D eigenvalue weighted by Crippen LogP contribution is 2.31. The van der Waals surface area contributed by atoms with Crippen molar-refractivity contribution in [3.63, 3.8) is 0 Å². The van der Waals surface area contributed by atoms with E-state index in [0.29, 0.717) is 11.6 Å². The lowest BCUT2D eigenvalue weighted by Crippen LogP contribution is -2.35. The molecule has 3 aromatic heterocycles. The predicted octanol–water partition coefficient (Wildman–Crippen LogP) is 2.05. The quantitative estimate of drug-likeness (QED) is 0.449. The number of hydrogen-bond donors (Lipinski definition) is 0. The highest BCUT2D eigenvalue weighted by atomic mass is 32.1. The zero-order valence-electron chi connectivity index (χ0n) is 15.2. The van der Waals surface area contributed by atoms with Crippen molar-refractivity contribution < 1.29 is 37.1 Å². The molecule has 0 saturated carbocycles. The van der Waals surface area contributed by atoms with E-state index in [0.717, 1.165) is 25.2 Å². The van der Waals surface area contributed by atoms with E-state index in [9.17, 15) is 28.0 Å². The SMILES string of the molecule is CC(=O)OB(OC(C)=O)OC(=O)c1c(=O)c2cc(F)c(F)c3ncc4csc1n4c32. The van der Waals surface area contributed by atoms with Gasteiger partial charge in [0, 0.05) is 19.2 Å². The van der Waals surface area contributed by atoms with Crippen molar-refractivity contribution in [1.29, 1.82) is 0 Å². The average Bonchev–Trinajstić information content (AvgIpc) is 3.07. The molecule has 152 valence electrons.